The molecule has 0 saturated carbocycles. The van der Waals surface area contributed by atoms with Gasteiger partial charge in [0.15, 0.2) is 11.6 Å². The number of esters is 1. The van der Waals surface area contributed by atoms with Gasteiger partial charge in [-0.1, -0.05) is 140 Å². The van der Waals surface area contributed by atoms with Crippen molar-refractivity contribution in [2.75, 3.05) is 0 Å². The average Bonchev–Trinajstić information content (AvgIpc) is 3.00. The number of ketones is 3. The number of carbonyl (C=O) groups is 4. The van der Waals surface area contributed by atoms with E-state index < -0.39 is 17.8 Å². The molecule has 2 aliphatic carbocycles. The highest BCUT2D eigenvalue weighted by Gasteiger charge is 2.42. The zero-order chi connectivity index (χ0) is 34.8. The van der Waals surface area contributed by atoms with Crippen LogP contribution in [0, 0.1) is 46.3 Å². The SMILES string of the molecule is C/C=C/C(=O)C1C(C)C=CCC1(C)C.CC1C=CCC(C)(C)C1C(=O)CC(C)C(C(=O)OCc1ccccc1)C(=O)c1ccccc1. The minimum absolute atomic E-state index is 0.0936. The van der Waals surface area contributed by atoms with Crippen molar-refractivity contribution in [3.8, 4) is 0 Å². The maximum Gasteiger partial charge on any atom is 0.317 e. The lowest BCUT2D eigenvalue weighted by molar-refractivity contribution is -0.150. The fraction of sp³-hybridized carbons (Fsp3) is 0.476. The van der Waals surface area contributed by atoms with Crippen LogP contribution in [-0.4, -0.2) is 23.3 Å². The van der Waals surface area contributed by atoms with Crippen molar-refractivity contribution in [2.45, 2.75) is 81.3 Å². The minimum Gasteiger partial charge on any atom is -0.460 e. The fourth-order valence-corrected chi connectivity index (χ4v) is 7.47. The Labute approximate surface area is 282 Å². The van der Waals surface area contributed by atoms with Gasteiger partial charge >= 0.3 is 5.97 Å². The van der Waals surface area contributed by atoms with Crippen LogP contribution in [0.5, 0.6) is 0 Å². The van der Waals surface area contributed by atoms with Crippen molar-refractivity contribution < 1.29 is 23.9 Å². The van der Waals surface area contributed by atoms with Crippen LogP contribution in [0.1, 0.15) is 90.6 Å². The smallest absolute Gasteiger partial charge is 0.317 e. The summed E-state index contributed by atoms with van der Waals surface area (Å²) in [6, 6.07) is 18.1. The van der Waals surface area contributed by atoms with Crippen molar-refractivity contribution in [2.24, 2.45) is 46.3 Å². The molecule has 252 valence electrons. The van der Waals surface area contributed by atoms with E-state index in [-0.39, 0.29) is 59.0 Å². The molecular weight excluding hydrogens is 584 g/mol. The van der Waals surface area contributed by atoms with Gasteiger partial charge in [0.1, 0.15) is 18.3 Å². The molecule has 0 amide bonds. The molecule has 0 fully saturated rings. The van der Waals surface area contributed by atoms with Gasteiger partial charge in [0.25, 0.3) is 0 Å². The molecule has 6 unspecified atom stereocenters. The quantitative estimate of drug-likeness (QED) is 0.0806. The molecule has 0 radical (unpaired) electrons. The highest BCUT2D eigenvalue weighted by Crippen LogP contribution is 2.43. The van der Waals surface area contributed by atoms with Gasteiger partial charge in [0.2, 0.25) is 0 Å². The van der Waals surface area contributed by atoms with Crippen molar-refractivity contribution in [1.29, 1.82) is 0 Å². The molecule has 0 spiro atoms. The monoisotopic (exact) mass is 638 g/mol. The molecule has 2 aromatic rings. The molecule has 6 atom stereocenters. The van der Waals surface area contributed by atoms with Crippen LogP contribution in [-0.2, 0) is 25.7 Å². The number of rotatable bonds is 11. The fourth-order valence-electron chi connectivity index (χ4n) is 7.47. The second-order valence-corrected chi connectivity index (χ2v) is 14.8. The maximum absolute atomic E-state index is 13.4. The van der Waals surface area contributed by atoms with E-state index in [1.54, 1.807) is 30.3 Å². The first kappa shape index (κ1) is 37.6. The van der Waals surface area contributed by atoms with E-state index in [1.165, 1.54) is 0 Å². The van der Waals surface area contributed by atoms with Crippen molar-refractivity contribution in [3.63, 3.8) is 0 Å². The Hall–Kier alpha value is -3.86. The van der Waals surface area contributed by atoms with Gasteiger partial charge in [-0.2, -0.15) is 0 Å². The molecule has 2 aliphatic rings. The number of allylic oxidation sites excluding steroid dienone is 6. The molecule has 0 aromatic heterocycles. The van der Waals surface area contributed by atoms with E-state index >= 15 is 0 Å². The third kappa shape index (κ3) is 10.1. The zero-order valence-electron chi connectivity index (χ0n) is 29.6. The van der Waals surface area contributed by atoms with E-state index in [2.05, 4.69) is 65.8 Å². The Morgan fingerprint density at radius 3 is 1.83 bits per heavy atom. The highest BCUT2D eigenvalue weighted by atomic mass is 16.5. The zero-order valence-corrected chi connectivity index (χ0v) is 29.6. The topological polar surface area (TPSA) is 77.5 Å². The number of hydrogen-bond donors (Lipinski definition) is 0. The molecule has 4 rings (SSSR count). The summed E-state index contributed by atoms with van der Waals surface area (Å²) in [7, 11) is 0. The normalized spacial score (nSPS) is 24.0. The van der Waals surface area contributed by atoms with Gasteiger partial charge < -0.3 is 4.74 Å². The van der Waals surface area contributed by atoms with Crippen molar-refractivity contribution in [3.05, 3.63) is 108 Å². The first-order chi connectivity index (χ1) is 22.2. The van der Waals surface area contributed by atoms with Gasteiger partial charge in [0.05, 0.1) is 0 Å². The molecule has 0 N–H and O–H groups in total. The van der Waals surface area contributed by atoms with Crippen molar-refractivity contribution >= 4 is 23.3 Å². The van der Waals surface area contributed by atoms with Crippen LogP contribution in [0.15, 0.2) is 97.1 Å². The predicted molar refractivity (Wildman–Crippen MR) is 189 cm³/mol. The summed E-state index contributed by atoms with van der Waals surface area (Å²) in [5.74, 6) is -1.51. The molecular formula is C42H54O5. The van der Waals surface area contributed by atoms with E-state index in [1.807, 2.05) is 56.3 Å². The standard InChI is InChI=1S/C29H34O4.C13H20O/c1-20-12-11-17-29(3,4)26(20)24(30)18-21(2)25(27(31)23-15-9-6-10-16-23)28(32)33-19-22-13-7-5-8-14-22;1-5-7-11(14)12-10(2)8-6-9-13(12,3)4/h5-16,20-21,25-26H,17-19H2,1-4H3;5-8,10,12H,9H2,1-4H3/b;7-5+. The van der Waals surface area contributed by atoms with Crippen LogP contribution in [0.3, 0.4) is 0 Å². The van der Waals surface area contributed by atoms with Crippen LogP contribution < -0.4 is 0 Å². The number of benzene rings is 2. The predicted octanol–water partition coefficient (Wildman–Crippen LogP) is 9.43. The minimum atomic E-state index is -1.03. The Balaban J connectivity index is 0.000000358. The molecule has 0 saturated heterocycles. The lowest BCUT2D eigenvalue weighted by atomic mass is 9.64. The second kappa shape index (κ2) is 16.8. The van der Waals surface area contributed by atoms with E-state index in [9.17, 15) is 19.2 Å². The first-order valence-corrected chi connectivity index (χ1v) is 17.0. The largest absolute Gasteiger partial charge is 0.460 e. The first-order valence-electron chi connectivity index (χ1n) is 17.0. The second-order valence-electron chi connectivity index (χ2n) is 14.8. The van der Waals surface area contributed by atoms with Gasteiger partial charge in [0, 0.05) is 23.8 Å². The average molecular weight is 639 g/mol. The van der Waals surface area contributed by atoms with Crippen LogP contribution in [0.25, 0.3) is 0 Å². The van der Waals surface area contributed by atoms with Gasteiger partial charge in [-0.05, 0) is 60.0 Å². The van der Waals surface area contributed by atoms with Crippen molar-refractivity contribution in [1.82, 2.24) is 0 Å². The summed E-state index contributed by atoms with van der Waals surface area (Å²) in [6.07, 6.45) is 14.2. The number of carbonyl (C=O) groups excluding carboxylic acids is 4. The number of ether oxygens (including phenoxy) is 1. The third-order valence-electron chi connectivity index (χ3n) is 9.80. The summed E-state index contributed by atoms with van der Waals surface area (Å²) in [5, 5.41) is 0. The van der Waals surface area contributed by atoms with Gasteiger partial charge in [-0.25, -0.2) is 0 Å². The molecule has 0 aliphatic heterocycles. The number of Topliss-reactive ketones (excluding diaryl/α,β-unsaturated/α-hetero) is 2. The van der Waals surface area contributed by atoms with Crippen LogP contribution >= 0.6 is 0 Å². The van der Waals surface area contributed by atoms with E-state index in [0.29, 0.717) is 11.5 Å². The molecule has 47 heavy (non-hydrogen) atoms. The molecule has 0 bridgehead atoms. The highest BCUT2D eigenvalue weighted by molar-refractivity contribution is 6.09. The van der Waals surface area contributed by atoms with Crippen LogP contribution in [0.4, 0.5) is 0 Å². The molecule has 2 aromatic carbocycles. The Bertz CT molecular complexity index is 1450. The molecule has 5 heteroatoms. The summed E-state index contributed by atoms with van der Waals surface area (Å²) in [4.78, 5) is 51.8. The summed E-state index contributed by atoms with van der Waals surface area (Å²) in [6.45, 7) is 16.6. The lowest BCUT2D eigenvalue weighted by Gasteiger charge is -2.39. The Morgan fingerprint density at radius 1 is 0.809 bits per heavy atom. The summed E-state index contributed by atoms with van der Waals surface area (Å²) < 4.78 is 5.56. The molecule has 0 heterocycles. The lowest BCUT2D eigenvalue weighted by Crippen LogP contribution is -2.40. The summed E-state index contributed by atoms with van der Waals surface area (Å²) >= 11 is 0. The number of hydrogen-bond acceptors (Lipinski definition) is 5. The summed E-state index contributed by atoms with van der Waals surface area (Å²) in [5.41, 5.74) is 1.25. The maximum atomic E-state index is 13.4. The van der Waals surface area contributed by atoms with E-state index in [4.69, 9.17) is 4.74 Å². The van der Waals surface area contributed by atoms with Crippen LogP contribution in [0.2, 0.25) is 0 Å². The Morgan fingerprint density at radius 2 is 1.32 bits per heavy atom. The van der Waals surface area contributed by atoms with E-state index in [0.717, 1.165) is 18.4 Å². The Kier molecular flexibility index (Phi) is 13.4. The van der Waals surface area contributed by atoms with Gasteiger partial charge in [-0.3, -0.25) is 19.2 Å². The molecule has 5 nitrogen and oxygen atoms in total. The van der Waals surface area contributed by atoms with Gasteiger partial charge in [-0.15, -0.1) is 0 Å². The third-order valence-corrected chi connectivity index (χ3v) is 9.80.